The first-order valence-electron chi connectivity index (χ1n) is 7.06. The summed E-state index contributed by atoms with van der Waals surface area (Å²) in [5.74, 6) is 7.94. The molecule has 0 amide bonds. The lowest BCUT2D eigenvalue weighted by Gasteiger charge is -2.27. The molecule has 2 aliphatic rings. The highest BCUT2D eigenvalue weighted by Crippen LogP contribution is 2.23. The van der Waals surface area contributed by atoms with Gasteiger partial charge in [0.25, 0.3) is 0 Å². The fourth-order valence-corrected chi connectivity index (χ4v) is 2.58. The molecule has 1 aromatic heterocycles. The maximum atomic E-state index is 5.48. The normalized spacial score (nSPS) is 23.2. The summed E-state index contributed by atoms with van der Waals surface area (Å²) < 4.78 is 5.36. The summed E-state index contributed by atoms with van der Waals surface area (Å²) in [6, 6.07) is 0. The lowest BCUT2D eigenvalue weighted by molar-refractivity contribution is 0.122. The van der Waals surface area contributed by atoms with Gasteiger partial charge >= 0.3 is 0 Å². The van der Waals surface area contributed by atoms with E-state index in [2.05, 4.69) is 37.1 Å². The fourth-order valence-electron chi connectivity index (χ4n) is 2.58. The largest absolute Gasteiger partial charge is 0.378 e. The molecule has 0 saturated carbocycles. The van der Waals surface area contributed by atoms with Gasteiger partial charge in [-0.15, -0.1) is 0 Å². The number of morpholine rings is 1. The highest BCUT2D eigenvalue weighted by molar-refractivity contribution is 5.45. The minimum absolute atomic E-state index is 0.413. The van der Waals surface area contributed by atoms with Crippen molar-refractivity contribution in [3.63, 3.8) is 0 Å². The fraction of sp³-hybridized carbons (Fsp3) is 0.750. The summed E-state index contributed by atoms with van der Waals surface area (Å²) in [4.78, 5) is 17.6. The van der Waals surface area contributed by atoms with Crippen molar-refractivity contribution in [3.8, 4) is 0 Å². The summed E-state index contributed by atoms with van der Waals surface area (Å²) >= 11 is 0. The number of anilines is 3. The Morgan fingerprint density at radius 1 is 1.10 bits per heavy atom. The lowest BCUT2D eigenvalue weighted by Crippen LogP contribution is -2.38. The van der Waals surface area contributed by atoms with E-state index in [0.717, 1.165) is 26.2 Å². The second kappa shape index (κ2) is 5.76. The quantitative estimate of drug-likeness (QED) is 0.582. The molecule has 0 spiro atoms. The van der Waals surface area contributed by atoms with Gasteiger partial charge in [0.1, 0.15) is 0 Å². The summed E-state index contributed by atoms with van der Waals surface area (Å²) in [5, 5.41) is 0. The van der Waals surface area contributed by atoms with Crippen molar-refractivity contribution in [1.82, 2.24) is 15.0 Å². The standard InChI is InChI=1S/C12H21N7O/c1-9-2-3-19(8-9)12-15-10(17-13)14-11(16-12)18-4-6-20-7-5-18/h9H,2-8,13H2,1H3,(H,14,15,16,17). The van der Waals surface area contributed by atoms with E-state index in [-0.39, 0.29) is 0 Å². The van der Waals surface area contributed by atoms with Crippen molar-refractivity contribution >= 4 is 17.8 Å². The zero-order valence-electron chi connectivity index (χ0n) is 11.7. The van der Waals surface area contributed by atoms with Crippen LogP contribution in [0.3, 0.4) is 0 Å². The Morgan fingerprint density at radius 3 is 2.40 bits per heavy atom. The van der Waals surface area contributed by atoms with E-state index < -0.39 is 0 Å². The van der Waals surface area contributed by atoms with Crippen molar-refractivity contribution < 1.29 is 4.74 Å². The van der Waals surface area contributed by atoms with E-state index in [1.54, 1.807) is 0 Å². The summed E-state index contributed by atoms with van der Waals surface area (Å²) in [7, 11) is 0. The van der Waals surface area contributed by atoms with Crippen LogP contribution in [-0.2, 0) is 4.74 Å². The minimum atomic E-state index is 0.413. The molecule has 20 heavy (non-hydrogen) atoms. The van der Waals surface area contributed by atoms with E-state index in [4.69, 9.17) is 10.6 Å². The van der Waals surface area contributed by atoms with E-state index >= 15 is 0 Å². The molecule has 0 aliphatic carbocycles. The molecule has 8 heteroatoms. The van der Waals surface area contributed by atoms with Gasteiger partial charge in [0.2, 0.25) is 17.8 Å². The van der Waals surface area contributed by atoms with Gasteiger partial charge in [0, 0.05) is 26.2 Å². The van der Waals surface area contributed by atoms with E-state index in [9.17, 15) is 0 Å². The lowest BCUT2D eigenvalue weighted by atomic mass is 10.2. The number of nitrogens with one attached hydrogen (secondary N) is 1. The molecule has 8 nitrogen and oxygen atoms in total. The van der Waals surface area contributed by atoms with Crippen molar-refractivity contribution in [1.29, 1.82) is 0 Å². The Balaban J connectivity index is 1.86. The Bertz CT molecular complexity index is 440. The van der Waals surface area contributed by atoms with Crippen LogP contribution in [0, 0.1) is 5.92 Å². The molecule has 2 aliphatic heterocycles. The zero-order valence-corrected chi connectivity index (χ0v) is 11.7. The topological polar surface area (TPSA) is 92.4 Å². The average molecular weight is 279 g/mol. The third kappa shape index (κ3) is 2.75. The van der Waals surface area contributed by atoms with Crippen LogP contribution in [0.15, 0.2) is 0 Å². The van der Waals surface area contributed by atoms with Crippen LogP contribution in [0.4, 0.5) is 17.8 Å². The van der Waals surface area contributed by atoms with Gasteiger partial charge in [0.15, 0.2) is 0 Å². The van der Waals surface area contributed by atoms with E-state index in [1.807, 2.05) is 0 Å². The Morgan fingerprint density at radius 2 is 1.80 bits per heavy atom. The number of ether oxygens (including phenoxy) is 1. The maximum Gasteiger partial charge on any atom is 0.243 e. The van der Waals surface area contributed by atoms with Crippen molar-refractivity contribution in [2.24, 2.45) is 11.8 Å². The Hall–Kier alpha value is -1.67. The second-order valence-corrected chi connectivity index (χ2v) is 5.34. The number of nitrogens with two attached hydrogens (primary N) is 1. The van der Waals surface area contributed by atoms with Gasteiger partial charge in [-0.3, -0.25) is 5.43 Å². The minimum Gasteiger partial charge on any atom is -0.378 e. The number of hydrazine groups is 1. The smallest absolute Gasteiger partial charge is 0.243 e. The first-order chi connectivity index (χ1) is 9.76. The zero-order chi connectivity index (χ0) is 13.9. The number of nitrogen functional groups attached to an aromatic ring is 1. The van der Waals surface area contributed by atoms with Crippen LogP contribution in [0.5, 0.6) is 0 Å². The molecule has 2 fully saturated rings. The Labute approximate surface area is 118 Å². The molecular formula is C12H21N7O. The highest BCUT2D eigenvalue weighted by atomic mass is 16.5. The molecule has 3 N–H and O–H groups in total. The third-order valence-electron chi connectivity index (χ3n) is 3.74. The number of aromatic nitrogens is 3. The predicted molar refractivity (Wildman–Crippen MR) is 76.7 cm³/mol. The first kappa shape index (κ1) is 13.3. The van der Waals surface area contributed by atoms with Gasteiger partial charge < -0.3 is 14.5 Å². The van der Waals surface area contributed by atoms with Gasteiger partial charge in [-0.1, -0.05) is 6.92 Å². The number of hydrogen-bond donors (Lipinski definition) is 2. The van der Waals surface area contributed by atoms with Crippen LogP contribution >= 0.6 is 0 Å². The van der Waals surface area contributed by atoms with Gasteiger partial charge in [-0.2, -0.15) is 15.0 Å². The molecule has 1 atom stereocenters. The van der Waals surface area contributed by atoms with Crippen LogP contribution < -0.4 is 21.1 Å². The highest BCUT2D eigenvalue weighted by Gasteiger charge is 2.23. The molecule has 0 radical (unpaired) electrons. The van der Waals surface area contributed by atoms with Gasteiger partial charge in [0.05, 0.1) is 13.2 Å². The predicted octanol–water partition coefficient (Wildman–Crippen LogP) is -0.160. The molecule has 110 valence electrons. The summed E-state index contributed by atoms with van der Waals surface area (Å²) in [5.41, 5.74) is 2.53. The van der Waals surface area contributed by atoms with Crippen LogP contribution in [-0.4, -0.2) is 54.3 Å². The average Bonchev–Trinajstić information content (AvgIpc) is 2.94. The molecule has 2 saturated heterocycles. The molecular weight excluding hydrogens is 258 g/mol. The summed E-state index contributed by atoms with van der Waals surface area (Å²) in [6.45, 7) is 7.20. The molecule has 3 rings (SSSR count). The SMILES string of the molecule is CC1CCN(c2nc(NN)nc(N3CCOCC3)n2)C1. The molecule has 3 heterocycles. The second-order valence-electron chi connectivity index (χ2n) is 5.34. The molecule has 1 unspecified atom stereocenters. The van der Waals surface area contributed by atoms with Crippen molar-refractivity contribution in [2.75, 3.05) is 54.6 Å². The van der Waals surface area contributed by atoms with Gasteiger partial charge in [-0.05, 0) is 12.3 Å². The molecule has 1 aromatic rings. The van der Waals surface area contributed by atoms with E-state index in [1.165, 1.54) is 6.42 Å². The monoisotopic (exact) mass is 279 g/mol. The molecule has 0 bridgehead atoms. The van der Waals surface area contributed by atoms with Crippen LogP contribution in [0.1, 0.15) is 13.3 Å². The van der Waals surface area contributed by atoms with E-state index in [0.29, 0.717) is 37.0 Å². The number of rotatable bonds is 3. The van der Waals surface area contributed by atoms with Gasteiger partial charge in [-0.25, -0.2) is 5.84 Å². The van der Waals surface area contributed by atoms with Crippen LogP contribution in [0.2, 0.25) is 0 Å². The van der Waals surface area contributed by atoms with Crippen molar-refractivity contribution in [3.05, 3.63) is 0 Å². The Kier molecular flexibility index (Phi) is 3.83. The van der Waals surface area contributed by atoms with Crippen LogP contribution in [0.25, 0.3) is 0 Å². The third-order valence-corrected chi connectivity index (χ3v) is 3.74. The van der Waals surface area contributed by atoms with Crippen molar-refractivity contribution in [2.45, 2.75) is 13.3 Å². The maximum absolute atomic E-state index is 5.48. The number of hydrogen-bond acceptors (Lipinski definition) is 8. The summed E-state index contributed by atoms with van der Waals surface area (Å²) in [6.07, 6.45) is 1.17. The number of nitrogens with zero attached hydrogens (tertiary/aromatic N) is 5. The molecule has 0 aromatic carbocycles. The first-order valence-corrected chi connectivity index (χ1v) is 7.06.